The minimum absolute atomic E-state index is 0.290. The number of imide groups is 1. The average molecular weight is 432 g/mol. The highest BCUT2D eigenvalue weighted by Gasteiger charge is 2.54. The van der Waals surface area contributed by atoms with Crippen LogP contribution in [-0.4, -0.2) is 34.3 Å². The lowest BCUT2D eigenvalue weighted by atomic mass is 9.97. The van der Waals surface area contributed by atoms with Gasteiger partial charge in [0.05, 0.1) is 6.04 Å². The van der Waals surface area contributed by atoms with Crippen LogP contribution in [0.2, 0.25) is 5.02 Å². The molecule has 0 bridgehead atoms. The normalized spacial score (nSPS) is 20.0. The predicted molar refractivity (Wildman–Crippen MR) is 112 cm³/mol. The van der Waals surface area contributed by atoms with Gasteiger partial charge in [0.2, 0.25) is 5.91 Å². The molecular weight excluding hydrogens is 410 g/mol. The van der Waals surface area contributed by atoms with Crippen LogP contribution in [0.3, 0.4) is 0 Å². The first-order valence-electron chi connectivity index (χ1n) is 9.66. The molecule has 2 aromatic rings. The highest BCUT2D eigenvalue weighted by atomic mass is 35.5. The van der Waals surface area contributed by atoms with Crippen molar-refractivity contribution in [1.29, 1.82) is 0 Å². The lowest BCUT2D eigenvalue weighted by Crippen LogP contribution is -2.50. The Bertz CT molecular complexity index is 923. The van der Waals surface area contributed by atoms with Gasteiger partial charge in [0.1, 0.15) is 11.6 Å². The molecule has 152 valence electrons. The number of halogens is 1. The van der Waals surface area contributed by atoms with Crippen molar-refractivity contribution in [3.05, 3.63) is 57.2 Å². The van der Waals surface area contributed by atoms with Gasteiger partial charge >= 0.3 is 6.03 Å². The molecular formula is C21H22ClN3O3S. The Kier molecular flexibility index (Phi) is 5.36. The number of nitrogens with zero attached hydrogens (tertiary/aromatic N) is 1. The molecule has 4 rings (SSSR count). The van der Waals surface area contributed by atoms with Gasteiger partial charge in [-0.25, -0.2) is 9.69 Å². The van der Waals surface area contributed by atoms with Gasteiger partial charge < -0.3 is 10.6 Å². The number of hydrogen-bond donors (Lipinski definition) is 2. The summed E-state index contributed by atoms with van der Waals surface area (Å²) in [5, 5.41) is 8.39. The number of urea groups is 1. The zero-order chi connectivity index (χ0) is 20.6. The number of nitrogens with one attached hydrogen (secondary N) is 2. The molecule has 2 atom stereocenters. The minimum Gasteiger partial charge on any atom is -0.343 e. The Morgan fingerprint density at radius 1 is 1.21 bits per heavy atom. The maximum Gasteiger partial charge on any atom is 0.325 e. The van der Waals surface area contributed by atoms with Crippen molar-refractivity contribution in [3.8, 4) is 0 Å². The summed E-state index contributed by atoms with van der Waals surface area (Å²) < 4.78 is 0. The first-order valence-corrected chi connectivity index (χ1v) is 10.9. The molecule has 1 aliphatic heterocycles. The van der Waals surface area contributed by atoms with E-state index in [1.807, 2.05) is 29.6 Å². The first kappa shape index (κ1) is 19.9. The molecule has 6 nitrogen and oxygen atoms in total. The van der Waals surface area contributed by atoms with Crippen LogP contribution in [0.4, 0.5) is 4.79 Å². The largest absolute Gasteiger partial charge is 0.343 e. The fraction of sp³-hybridized carbons (Fsp3) is 0.381. The maximum absolute atomic E-state index is 13.1. The van der Waals surface area contributed by atoms with E-state index in [2.05, 4.69) is 10.6 Å². The number of hydrogen-bond acceptors (Lipinski definition) is 4. The molecule has 0 radical (unpaired) electrons. The second-order valence-corrected chi connectivity index (χ2v) is 8.99. The summed E-state index contributed by atoms with van der Waals surface area (Å²) in [4.78, 5) is 40.6. The van der Waals surface area contributed by atoms with E-state index < -0.39 is 17.6 Å². The topological polar surface area (TPSA) is 78.5 Å². The summed E-state index contributed by atoms with van der Waals surface area (Å²) in [5.74, 6) is -0.668. The van der Waals surface area contributed by atoms with Gasteiger partial charge in [0.25, 0.3) is 5.91 Å². The smallest absolute Gasteiger partial charge is 0.325 e. The first-order chi connectivity index (χ1) is 13.9. The molecule has 1 spiro atoms. The van der Waals surface area contributed by atoms with Crippen LogP contribution in [0.5, 0.6) is 0 Å². The molecule has 1 aromatic carbocycles. The lowest BCUT2D eigenvalue weighted by molar-refractivity contribution is -0.138. The molecule has 4 amide bonds. The molecule has 29 heavy (non-hydrogen) atoms. The molecule has 1 saturated heterocycles. The standard InChI is InChI=1S/C21H22ClN3O3S/c1-13(25-19(27)21(24-20(25)28)10-2-3-11-21)18(26)23-17(16-5-4-12-29-16)14-6-8-15(22)9-7-14/h4-9,12-13,17H,2-3,10-11H2,1H3,(H,23,26)(H,24,28). The summed E-state index contributed by atoms with van der Waals surface area (Å²) in [7, 11) is 0. The van der Waals surface area contributed by atoms with Crippen LogP contribution < -0.4 is 10.6 Å². The molecule has 2 N–H and O–H groups in total. The number of carbonyl (C=O) groups excluding carboxylic acids is 3. The van der Waals surface area contributed by atoms with Crippen LogP contribution in [0, 0.1) is 0 Å². The third-order valence-corrected chi connectivity index (χ3v) is 6.92. The van der Waals surface area contributed by atoms with Gasteiger partial charge in [-0.05, 0) is 48.9 Å². The van der Waals surface area contributed by atoms with Crippen molar-refractivity contribution in [2.45, 2.75) is 50.2 Å². The molecule has 8 heteroatoms. The number of benzene rings is 1. The lowest BCUT2D eigenvalue weighted by Gasteiger charge is -2.26. The summed E-state index contributed by atoms with van der Waals surface area (Å²) >= 11 is 7.53. The third-order valence-electron chi connectivity index (χ3n) is 5.73. The second-order valence-electron chi connectivity index (χ2n) is 7.58. The number of thiophene rings is 1. The predicted octanol–water partition coefficient (Wildman–Crippen LogP) is 3.86. The number of carbonyl (C=O) groups is 3. The highest BCUT2D eigenvalue weighted by molar-refractivity contribution is 7.10. The summed E-state index contributed by atoms with van der Waals surface area (Å²) in [6, 6.07) is 9.34. The fourth-order valence-corrected chi connectivity index (χ4v) is 5.05. The van der Waals surface area contributed by atoms with Crippen LogP contribution in [0.15, 0.2) is 41.8 Å². The van der Waals surface area contributed by atoms with Crippen LogP contribution >= 0.6 is 22.9 Å². The summed E-state index contributed by atoms with van der Waals surface area (Å²) in [6.07, 6.45) is 3.06. The molecule has 2 aliphatic rings. The maximum atomic E-state index is 13.1. The van der Waals surface area contributed by atoms with E-state index in [1.165, 1.54) is 11.3 Å². The fourth-order valence-electron chi connectivity index (χ4n) is 4.12. The van der Waals surface area contributed by atoms with Crippen molar-refractivity contribution < 1.29 is 14.4 Å². The quantitative estimate of drug-likeness (QED) is 0.705. The minimum atomic E-state index is -0.905. The van der Waals surface area contributed by atoms with Crippen molar-refractivity contribution in [2.24, 2.45) is 0 Å². The van der Waals surface area contributed by atoms with Crippen molar-refractivity contribution in [3.63, 3.8) is 0 Å². The second kappa shape index (κ2) is 7.80. The van der Waals surface area contributed by atoms with Gasteiger partial charge in [-0.2, -0.15) is 0 Å². The van der Waals surface area contributed by atoms with E-state index in [0.717, 1.165) is 28.2 Å². The Hall–Kier alpha value is -2.38. The Balaban J connectivity index is 1.55. The Morgan fingerprint density at radius 3 is 2.52 bits per heavy atom. The van der Waals surface area contributed by atoms with Gasteiger partial charge in [0, 0.05) is 9.90 Å². The van der Waals surface area contributed by atoms with Gasteiger partial charge in [-0.3, -0.25) is 9.59 Å². The van der Waals surface area contributed by atoms with Crippen molar-refractivity contribution >= 4 is 40.8 Å². The van der Waals surface area contributed by atoms with Crippen LogP contribution in [0.25, 0.3) is 0 Å². The average Bonchev–Trinajstić information content (AvgIpc) is 3.43. The molecule has 1 saturated carbocycles. The van der Waals surface area contributed by atoms with Gasteiger partial charge in [-0.15, -0.1) is 11.3 Å². The summed E-state index contributed by atoms with van der Waals surface area (Å²) in [6.45, 7) is 1.59. The molecule has 2 unspecified atom stereocenters. The zero-order valence-electron chi connectivity index (χ0n) is 16.0. The Morgan fingerprint density at radius 2 is 1.90 bits per heavy atom. The van der Waals surface area contributed by atoms with Crippen molar-refractivity contribution in [1.82, 2.24) is 15.5 Å². The van der Waals surface area contributed by atoms with E-state index in [4.69, 9.17) is 11.6 Å². The van der Waals surface area contributed by atoms with Gasteiger partial charge in [0.15, 0.2) is 0 Å². The number of rotatable bonds is 5. The van der Waals surface area contributed by atoms with Gasteiger partial charge in [-0.1, -0.05) is 42.6 Å². The Labute approximate surface area is 178 Å². The monoisotopic (exact) mass is 431 g/mol. The molecule has 2 heterocycles. The van der Waals surface area contributed by atoms with Crippen molar-refractivity contribution in [2.75, 3.05) is 0 Å². The molecule has 1 aliphatic carbocycles. The molecule has 1 aromatic heterocycles. The highest BCUT2D eigenvalue weighted by Crippen LogP contribution is 2.36. The van der Waals surface area contributed by atoms with E-state index in [9.17, 15) is 14.4 Å². The summed E-state index contributed by atoms with van der Waals surface area (Å²) in [5.41, 5.74) is 0.0523. The zero-order valence-corrected chi connectivity index (χ0v) is 17.6. The van der Waals surface area contributed by atoms with E-state index in [1.54, 1.807) is 19.1 Å². The SMILES string of the molecule is CC(C(=O)NC(c1ccc(Cl)cc1)c1cccs1)N1C(=O)NC2(CCCC2)C1=O. The van der Waals surface area contributed by atoms with Crippen LogP contribution in [-0.2, 0) is 9.59 Å². The van der Waals surface area contributed by atoms with Crippen LogP contribution in [0.1, 0.15) is 49.1 Å². The third kappa shape index (κ3) is 3.65. The van der Waals surface area contributed by atoms with E-state index in [-0.39, 0.29) is 17.9 Å². The van der Waals surface area contributed by atoms with E-state index >= 15 is 0 Å². The molecule has 2 fully saturated rings. The van der Waals surface area contributed by atoms with E-state index in [0.29, 0.717) is 17.9 Å². The number of amides is 4.